The third-order valence-corrected chi connectivity index (χ3v) is 5.13. The first-order chi connectivity index (χ1) is 10.3. The van der Waals surface area contributed by atoms with E-state index in [-0.39, 0.29) is 29.8 Å². The zero-order valence-electron chi connectivity index (χ0n) is 11.6. The molecule has 1 fully saturated rings. The second-order valence-electron chi connectivity index (χ2n) is 5.98. The fourth-order valence-electron chi connectivity index (χ4n) is 4.27. The highest BCUT2D eigenvalue weighted by Crippen LogP contribution is 2.64. The Labute approximate surface area is 122 Å². The average molecular weight is 278 g/mol. The van der Waals surface area contributed by atoms with Gasteiger partial charge in [-0.05, 0) is 34.9 Å². The van der Waals surface area contributed by atoms with Gasteiger partial charge in [-0.15, -0.1) is 0 Å². The molecule has 0 radical (unpaired) electrons. The van der Waals surface area contributed by atoms with Gasteiger partial charge in [0.2, 0.25) is 0 Å². The van der Waals surface area contributed by atoms with Gasteiger partial charge >= 0.3 is 0 Å². The van der Waals surface area contributed by atoms with Gasteiger partial charge in [-0.1, -0.05) is 24.3 Å². The number of ketones is 1. The Balaban J connectivity index is 1.72. The van der Waals surface area contributed by atoms with Crippen LogP contribution in [0.15, 0.2) is 42.5 Å². The summed E-state index contributed by atoms with van der Waals surface area (Å²) in [5.41, 5.74) is 4.37. The second-order valence-corrected chi connectivity index (χ2v) is 5.98. The molecule has 0 saturated carbocycles. The van der Waals surface area contributed by atoms with Crippen molar-refractivity contribution in [2.24, 2.45) is 5.92 Å². The van der Waals surface area contributed by atoms with Gasteiger partial charge < -0.3 is 9.47 Å². The summed E-state index contributed by atoms with van der Waals surface area (Å²) >= 11 is 0. The monoisotopic (exact) mass is 278 g/mol. The Bertz CT molecular complexity index is 780. The maximum atomic E-state index is 12.8. The minimum absolute atomic E-state index is 0.00788. The highest BCUT2D eigenvalue weighted by molar-refractivity contribution is 6.04. The summed E-state index contributed by atoms with van der Waals surface area (Å²) in [5, 5.41) is 0. The van der Waals surface area contributed by atoms with Crippen molar-refractivity contribution in [2.75, 3.05) is 7.11 Å². The molecule has 3 nitrogen and oxygen atoms in total. The van der Waals surface area contributed by atoms with Crippen molar-refractivity contribution in [3.63, 3.8) is 0 Å². The molecule has 3 heteroatoms. The number of fused-ring (bicyclic) bond motifs is 10. The molecular weight excluding hydrogens is 264 g/mol. The van der Waals surface area contributed by atoms with E-state index in [1.165, 1.54) is 11.1 Å². The Morgan fingerprint density at radius 1 is 0.952 bits per heavy atom. The Kier molecular flexibility index (Phi) is 2.05. The first-order valence-electron chi connectivity index (χ1n) is 7.26. The van der Waals surface area contributed by atoms with Crippen molar-refractivity contribution >= 4 is 5.78 Å². The molecule has 0 amide bonds. The summed E-state index contributed by atoms with van der Waals surface area (Å²) in [6.07, 6.45) is -0.0735. The fourth-order valence-corrected chi connectivity index (χ4v) is 4.27. The molecule has 5 rings (SSSR count). The molecule has 3 aliphatic rings. The third kappa shape index (κ3) is 1.26. The van der Waals surface area contributed by atoms with Crippen LogP contribution < -0.4 is 4.74 Å². The van der Waals surface area contributed by atoms with Crippen LogP contribution in [0.2, 0.25) is 0 Å². The highest BCUT2D eigenvalue weighted by atomic mass is 16.5. The van der Waals surface area contributed by atoms with Crippen LogP contribution in [0.25, 0.3) is 0 Å². The number of methoxy groups -OCH3 is 1. The summed E-state index contributed by atoms with van der Waals surface area (Å²) in [6.45, 7) is 0. The minimum atomic E-state index is -0.0814. The van der Waals surface area contributed by atoms with E-state index in [1.54, 1.807) is 7.11 Å². The molecule has 2 heterocycles. The van der Waals surface area contributed by atoms with Gasteiger partial charge in [-0.3, -0.25) is 4.79 Å². The van der Waals surface area contributed by atoms with Gasteiger partial charge in [0.25, 0.3) is 0 Å². The molecule has 2 aromatic rings. The lowest BCUT2D eigenvalue weighted by molar-refractivity contribution is 0.0526. The summed E-state index contributed by atoms with van der Waals surface area (Å²) < 4.78 is 11.5. The van der Waals surface area contributed by atoms with Gasteiger partial charge in [0, 0.05) is 11.5 Å². The fraction of sp³-hybridized carbons (Fsp3) is 0.278. The number of carbonyl (C=O) groups excluding carboxylic acids is 1. The number of carbonyl (C=O) groups is 1. The maximum absolute atomic E-state index is 12.8. The van der Waals surface area contributed by atoms with Gasteiger partial charge in [-0.2, -0.15) is 0 Å². The van der Waals surface area contributed by atoms with Crippen LogP contribution in [-0.4, -0.2) is 12.9 Å². The van der Waals surface area contributed by atoms with E-state index in [9.17, 15) is 4.79 Å². The predicted octanol–water partition coefficient (Wildman–Crippen LogP) is 3.42. The highest BCUT2D eigenvalue weighted by Gasteiger charge is 2.59. The lowest BCUT2D eigenvalue weighted by Crippen LogP contribution is -2.20. The van der Waals surface area contributed by atoms with E-state index < -0.39 is 0 Å². The minimum Gasteiger partial charge on any atom is -0.497 e. The van der Waals surface area contributed by atoms with Crippen LogP contribution in [0.5, 0.6) is 5.75 Å². The number of hydrogen-bond acceptors (Lipinski definition) is 3. The number of benzene rings is 2. The van der Waals surface area contributed by atoms with Crippen LogP contribution >= 0.6 is 0 Å². The zero-order valence-corrected chi connectivity index (χ0v) is 11.6. The number of hydrogen-bond donors (Lipinski definition) is 0. The largest absolute Gasteiger partial charge is 0.497 e. The lowest BCUT2D eigenvalue weighted by atomic mass is 9.76. The quantitative estimate of drug-likeness (QED) is 0.802. The predicted molar refractivity (Wildman–Crippen MR) is 76.6 cm³/mol. The molecule has 1 saturated heterocycles. The topological polar surface area (TPSA) is 35.5 Å². The zero-order chi connectivity index (χ0) is 14.1. The molecule has 0 spiro atoms. The first kappa shape index (κ1) is 11.5. The molecule has 0 unspecified atom stereocenters. The van der Waals surface area contributed by atoms with E-state index in [1.807, 2.05) is 30.3 Å². The molecule has 4 atom stereocenters. The molecule has 21 heavy (non-hydrogen) atoms. The Hall–Kier alpha value is -2.13. The van der Waals surface area contributed by atoms with Crippen molar-refractivity contribution in [2.45, 2.75) is 18.1 Å². The van der Waals surface area contributed by atoms with Crippen LogP contribution in [0.4, 0.5) is 0 Å². The molecule has 0 aromatic heterocycles. The SMILES string of the molecule is COc1ccc2c(c1)[C@H]1[C@@H](C2=O)[C@H]2O[C@@H]1c1ccccc12. The smallest absolute Gasteiger partial charge is 0.169 e. The molecule has 1 aliphatic carbocycles. The van der Waals surface area contributed by atoms with Crippen LogP contribution in [0.3, 0.4) is 0 Å². The molecule has 2 aromatic carbocycles. The maximum Gasteiger partial charge on any atom is 0.169 e. The summed E-state index contributed by atoms with van der Waals surface area (Å²) in [7, 11) is 1.66. The van der Waals surface area contributed by atoms with Crippen molar-refractivity contribution < 1.29 is 14.3 Å². The van der Waals surface area contributed by atoms with Gasteiger partial charge in [0.1, 0.15) is 5.75 Å². The number of ether oxygens (including phenoxy) is 2. The summed E-state index contributed by atoms with van der Waals surface area (Å²) in [5.74, 6) is 1.10. The molecule has 2 aliphatic heterocycles. The normalized spacial score (nSPS) is 31.0. The van der Waals surface area contributed by atoms with Crippen molar-refractivity contribution in [3.8, 4) is 5.75 Å². The summed E-state index contributed by atoms with van der Waals surface area (Å²) in [6, 6.07) is 14.1. The first-order valence-corrected chi connectivity index (χ1v) is 7.26. The average Bonchev–Trinajstić information content (AvgIpc) is 3.17. The molecule has 104 valence electrons. The molecule has 0 N–H and O–H groups in total. The third-order valence-electron chi connectivity index (χ3n) is 5.13. The van der Waals surface area contributed by atoms with Gasteiger partial charge in [-0.25, -0.2) is 0 Å². The van der Waals surface area contributed by atoms with Crippen molar-refractivity contribution in [1.29, 1.82) is 0 Å². The second kappa shape index (κ2) is 3.74. The van der Waals surface area contributed by atoms with Crippen LogP contribution in [0, 0.1) is 5.92 Å². The molecule has 2 bridgehead atoms. The number of rotatable bonds is 1. The lowest BCUT2D eigenvalue weighted by Gasteiger charge is -2.23. The van der Waals surface area contributed by atoms with Crippen molar-refractivity contribution in [3.05, 3.63) is 64.7 Å². The van der Waals surface area contributed by atoms with E-state index >= 15 is 0 Å². The van der Waals surface area contributed by atoms with E-state index in [0.717, 1.165) is 16.9 Å². The molecular formula is C18H14O3. The van der Waals surface area contributed by atoms with E-state index in [4.69, 9.17) is 9.47 Å². The van der Waals surface area contributed by atoms with E-state index in [0.29, 0.717) is 0 Å². The van der Waals surface area contributed by atoms with Gasteiger partial charge in [0.05, 0.1) is 25.2 Å². The van der Waals surface area contributed by atoms with Crippen LogP contribution in [0.1, 0.15) is 45.2 Å². The van der Waals surface area contributed by atoms with Gasteiger partial charge in [0.15, 0.2) is 5.78 Å². The summed E-state index contributed by atoms with van der Waals surface area (Å²) in [4.78, 5) is 12.8. The Morgan fingerprint density at radius 2 is 1.67 bits per heavy atom. The number of Topliss-reactive ketones (excluding diaryl/α,β-unsaturated/α-hetero) is 1. The van der Waals surface area contributed by atoms with Crippen molar-refractivity contribution in [1.82, 2.24) is 0 Å². The Morgan fingerprint density at radius 3 is 2.38 bits per heavy atom. The van der Waals surface area contributed by atoms with E-state index in [2.05, 4.69) is 12.1 Å². The standard InChI is InChI=1S/C18H14O3/c1-20-9-6-7-10-13(8-9)14-15(16(10)19)18-12-5-3-2-4-11(12)17(14)21-18/h2-8,14-15,17-18H,1H3/t14-,15-,17+,18-/m0/s1. The van der Waals surface area contributed by atoms with Crippen LogP contribution in [-0.2, 0) is 4.74 Å².